The number of ether oxygens (including phenoxy) is 4. The summed E-state index contributed by atoms with van der Waals surface area (Å²) in [5, 5.41) is 0. The van der Waals surface area contributed by atoms with Gasteiger partial charge in [-0.2, -0.15) is 0 Å². The fourth-order valence-corrected chi connectivity index (χ4v) is 5.43. The molecule has 5 rings (SSSR count). The van der Waals surface area contributed by atoms with E-state index in [1.165, 1.54) is 35.3 Å². The minimum atomic E-state index is -0.837. The second-order valence-electron chi connectivity index (χ2n) is 8.89. The molecule has 1 unspecified atom stereocenters. The summed E-state index contributed by atoms with van der Waals surface area (Å²) in [4.78, 5) is 44.5. The van der Waals surface area contributed by atoms with Crippen LogP contribution in [0.4, 0.5) is 0 Å². The van der Waals surface area contributed by atoms with E-state index in [1.54, 1.807) is 50.4 Å². The van der Waals surface area contributed by atoms with Crippen molar-refractivity contribution < 1.29 is 33.0 Å². The van der Waals surface area contributed by atoms with Gasteiger partial charge in [-0.3, -0.25) is 9.36 Å². The van der Waals surface area contributed by atoms with Gasteiger partial charge in [0.05, 0.1) is 41.8 Å². The molecule has 3 heterocycles. The number of aromatic nitrogens is 1. The molecule has 0 N–H and O–H groups in total. The first-order chi connectivity index (χ1) is 19.9. The predicted octanol–water partition coefficient (Wildman–Crippen LogP) is 3.25. The molecule has 0 bridgehead atoms. The Morgan fingerprint density at radius 1 is 1.02 bits per heavy atom. The van der Waals surface area contributed by atoms with E-state index in [-0.39, 0.29) is 35.9 Å². The number of furan rings is 1. The van der Waals surface area contributed by atoms with Crippen LogP contribution >= 0.6 is 11.3 Å². The third kappa shape index (κ3) is 5.76. The average molecular weight is 575 g/mol. The van der Waals surface area contributed by atoms with Crippen LogP contribution in [-0.2, 0) is 14.3 Å². The maximum absolute atomic E-state index is 13.8. The second kappa shape index (κ2) is 12.2. The summed E-state index contributed by atoms with van der Waals surface area (Å²) >= 11 is 1.21. The largest absolute Gasteiger partial charge is 0.496 e. The number of nitrogens with zero attached hydrogens (tertiary/aromatic N) is 2. The highest BCUT2D eigenvalue weighted by atomic mass is 32.1. The number of fused-ring (bicyclic) bond motifs is 1. The Labute approximate surface area is 238 Å². The van der Waals surface area contributed by atoms with Gasteiger partial charge < -0.3 is 23.4 Å². The third-order valence-electron chi connectivity index (χ3n) is 6.32. The van der Waals surface area contributed by atoms with Gasteiger partial charge in [0.15, 0.2) is 4.80 Å². The second-order valence-corrected chi connectivity index (χ2v) is 9.90. The summed E-state index contributed by atoms with van der Waals surface area (Å²) in [5.74, 6) is -0.307. The SMILES string of the molecule is COCCOC(=O)C1=C(C)N=c2s/c(=C\c3ccccc3OC)c(=O)n2C1c1ccc(OC(=O)c2ccco2)cc1. The molecule has 11 heteroatoms. The van der Waals surface area contributed by atoms with Crippen LogP contribution < -0.4 is 24.4 Å². The van der Waals surface area contributed by atoms with Crippen LogP contribution in [0.1, 0.15) is 34.6 Å². The zero-order valence-electron chi connectivity index (χ0n) is 22.5. The van der Waals surface area contributed by atoms with Gasteiger partial charge in [0.2, 0.25) is 5.76 Å². The van der Waals surface area contributed by atoms with Crippen molar-refractivity contribution in [3.8, 4) is 11.5 Å². The number of esters is 2. The molecule has 1 aliphatic rings. The number of hydrogen-bond donors (Lipinski definition) is 0. The Kier molecular flexibility index (Phi) is 8.27. The van der Waals surface area contributed by atoms with E-state index >= 15 is 0 Å². The first-order valence-electron chi connectivity index (χ1n) is 12.6. The lowest BCUT2D eigenvalue weighted by Gasteiger charge is -2.25. The highest BCUT2D eigenvalue weighted by Crippen LogP contribution is 2.32. The van der Waals surface area contributed by atoms with Crippen LogP contribution in [0.25, 0.3) is 6.08 Å². The van der Waals surface area contributed by atoms with Crippen LogP contribution in [0.15, 0.2) is 92.4 Å². The van der Waals surface area contributed by atoms with Crippen LogP contribution in [-0.4, -0.2) is 43.9 Å². The smallest absolute Gasteiger partial charge is 0.379 e. The van der Waals surface area contributed by atoms with Crippen LogP contribution in [0.2, 0.25) is 0 Å². The molecular formula is C30H26N2O8S. The molecule has 2 aromatic carbocycles. The minimum Gasteiger partial charge on any atom is -0.496 e. The van der Waals surface area contributed by atoms with E-state index in [0.717, 1.165) is 5.56 Å². The maximum Gasteiger partial charge on any atom is 0.379 e. The van der Waals surface area contributed by atoms with Crippen molar-refractivity contribution in [3.63, 3.8) is 0 Å². The van der Waals surface area contributed by atoms with Crippen molar-refractivity contribution in [2.75, 3.05) is 27.4 Å². The number of benzene rings is 2. The number of para-hydroxylation sites is 1. The van der Waals surface area contributed by atoms with Crippen LogP contribution in [0, 0.1) is 0 Å². The molecule has 1 aliphatic heterocycles. The molecule has 0 saturated heterocycles. The lowest BCUT2D eigenvalue weighted by molar-refractivity contribution is -0.140. The van der Waals surface area contributed by atoms with Crippen molar-refractivity contribution in [1.29, 1.82) is 0 Å². The summed E-state index contributed by atoms with van der Waals surface area (Å²) in [7, 11) is 3.07. The molecule has 210 valence electrons. The van der Waals surface area contributed by atoms with E-state index in [2.05, 4.69) is 4.99 Å². The molecule has 0 aliphatic carbocycles. The van der Waals surface area contributed by atoms with Crippen molar-refractivity contribution in [1.82, 2.24) is 4.57 Å². The quantitative estimate of drug-likeness (QED) is 0.170. The van der Waals surface area contributed by atoms with Gasteiger partial charge in [0.1, 0.15) is 18.1 Å². The first-order valence-corrected chi connectivity index (χ1v) is 13.4. The molecule has 10 nitrogen and oxygen atoms in total. The van der Waals surface area contributed by atoms with E-state index in [0.29, 0.717) is 26.3 Å². The predicted molar refractivity (Wildman–Crippen MR) is 150 cm³/mol. The monoisotopic (exact) mass is 574 g/mol. The van der Waals surface area contributed by atoms with Gasteiger partial charge in [-0.1, -0.05) is 41.7 Å². The zero-order valence-corrected chi connectivity index (χ0v) is 23.3. The Morgan fingerprint density at radius 2 is 1.80 bits per heavy atom. The normalized spacial score (nSPS) is 14.8. The maximum atomic E-state index is 13.8. The summed E-state index contributed by atoms with van der Waals surface area (Å²) in [6.07, 6.45) is 3.12. The Hall–Kier alpha value is -4.74. The average Bonchev–Trinajstić information content (AvgIpc) is 3.62. The molecule has 2 aromatic heterocycles. The molecule has 0 spiro atoms. The minimum absolute atomic E-state index is 0.0404. The Morgan fingerprint density at radius 3 is 2.51 bits per heavy atom. The number of rotatable bonds is 9. The molecular weight excluding hydrogens is 548 g/mol. The first kappa shape index (κ1) is 27.8. The summed E-state index contributed by atoms with van der Waals surface area (Å²) < 4.78 is 28.3. The topological polar surface area (TPSA) is 119 Å². The lowest BCUT2D eigenvalue weighted by Crippen LogP contribution is -2.40. The number of carbonyl (C=O) groups is 2. The van der Waals surface area contributed by atoms with E-state index < -0.39 is 18.0 Å². The molecule has 0 saturated carbocycles. The summed E-state index contributed by atoms with van der Waals surface area (Å²) in [6, 6.07) is 16.2. The number of carbonyl (C=O) groups excluding carboxylic acids is 2. The molecule has 0 fully saturated rings. The molecule has 1 atom stereocenters. The highest BCUT2D eigenvalue weighted by molar-refractivity contribution is 7.07. The lowest BCUT2D eigenvalue weighted by atomic mass is 9.96. The fraction of sp³-hybridized carbons (Fsp3) is 0.200. The van der Waals surface area contributed by atoms with Gasteiger partial charge >= 0.3 is 11.9 Å². The van der Waals surface area contributed by atoms with Gasteiger partial charge in [-0.15, -0.1) is 0 Å². The van der Waals surface area contributed by atoms with Crippen molar-refractivity contribution >= 4 is 29.4 Å². The summed E-state index contributed by atoms with van der Waals surface area (Å²) in [6.45, 7) is 1.97. The van der Waals surface area contributed by atoms with Crippen LogP contribution in [0.3, 0.4) is 0 Å². The van der Waals surface area contributed by atoms with Gasteiger partial charge in [-0.05, 0) is 48.9 Å². The van der Waals surface area contributed by atoms with Crippen LogP contribution in [0.5, 0.6) is 11.5 Å². The molecule has 4 aromatic rings. The number of methoxy groups -OCH3 is 2. The van der Waals surface area contributed by atoms with Crippen molar-refractivity contribution in [3.05, 3.63) is 115 Å². The number of thiazole rings is 1. The highest BCUT2D eigenvalue weighted by Gasteiger charge is 2.33. The molecule has 0 radical (unpaired) electrons. The summed E-state index contributed by atoms with van der Waals surface area (Å²) in [5.41, 5.74) is 1.65. The molecule has 41 heavy (non-hydrogen) atoms. The van der Waals surface area contributed by atoms with E-state index in [1.807, 2.05) is 24.3 Å². The van der Waals surface area contributed by atoms with Crippen molar-refractivity contribution in [2.24, 2.45) is 4.99 Å². The number of allylic oxidation sites excluding steroid dienone is 1. The van der Waals surface area contributed by atoms with Crippen molar-refractivity contribution in [2.45, 2.75) is 13.0 Å². The fourth-order valence-electron chi connectivity index (χ4n) is 4.39. The Balaban J connectivity index is 1.58. The standard InChI is InChI=1S/C30H26N2O8S/c1-18-25(29(35)39-16-15-36-2)26(19-10-12-21(13-11-19)40-28(34)23-9-6-14-38-23)32-27(33)24(41-30(32)31-18)17-20-7-4-5-8-22(20)37-3/h4-14,17,26H,15-16H2,1-3H3/b24-17-. The van der Waals surface area contributed by atoms with Gasteiger partial charge in [0.25, 0.3) is 5.56 Å². The van der Waals surface area contributed by atoms with E-state index in [4.69, 9.17) is 23.4 Å². The zero-order chi connectivity index (χ0) is 28.9. The Bertz CT molecular complexity index is 1780. The molecule has 0 amide bonds. The van der Waals surface area contributed by atoms with Gasteiger partial charge in [0, 0.05) is 12.7 Å². The third-order valence-corrected chi connectivity index (χ3v) is 7.30. The number of hydrogen-bond acceptors (Lipinski definition) is 10. The van der Waals surface area contributed by atoms with Gasteiger partial charge in [-0.25, -0.2) is 14.6 Å². The van der Waals surface area contributed by atoms with E-state index in [9.17, 15) is 14.4 Å².